The van der Waals surface area contributed by atoms with Gasteiger partial charge in [0.25, 0.3) is 0 Å². The summed E-state index contributed by atoms with van der Waals surface area (Å²) in [7, 11) is 1.32. The van der Waals surface area contributed by atoms with Crippen LogP contribution in [-0.4, -0.2) is 71.7 Å². The number of fused-ring (bicyclic) bond motifs is 8. The maximum atomic E-state index is 13.7. The number of hydrogen-bond acceptors (Lipinski definition) is 6. The number of rotatable bonds is 20. The molecule has 0 saturated carbocycles. The van der Waals surface area contributed by atoms with Crippen LogP contribution in [0.5, 0.6) is 0 Å². The van der Waals surface area contributed by atoms with Crippen LogP contribution in [0.2, 0.25) is 0 Å². The molecule has 2 aromatic heterocycles. The maximum Gasteiger partial charge on any atom is 2.00 e. The molecule has 1 N–H and O–H groups in total. The Morgan fingerprint density at radius 1 is 0.879 bits per heavy atom. The van der Waals surface area contributed by atoms with Crippen LogP contribution in [-0.2, 0) is 19.1 Å². The minimum absolute atomic E-state index is 0. The third-order valence-corrected chi connectivity index (χ3v) is 15.0. The molecule has 1 fully saturated rings. The molecule has 8 atom stereocenters. The second kappa shape index (κ2) is 23.5. The average molecular weight is 914 g/mol. The number of carbonyl (C=O) groups excluding carboxylic acids is 3. The topological polar surface area (TPSA) is 146 Å². The summed E-state index contributed by atoms with van der Waals surface area (Å²) in [5.41, 5.74) is 7.24. The molecule has 0 radical (unpaired) electrons. The van der Waals surface area contributed by atoms with Crippen molar-refractivity contribution in [1.29, 1.82) is 0 Å². The van der Waals surface area contributed by atoms with Gasteiger partial charge < -0.3 is 35.2 Å². The second-order valence-electron chi connectivity index (χ2n) is 20.3. The van der Waals surface area contributed by atoms with Crippen molar-refractivity contribution in [3.63, 3.8) is 0 Å². The molecule has 4 aliphatic rings. The Morgan fingerprint density at radius 2 is 1.55 bits per heavy atom. The van der Waals surface area contributed by atoms with E-state index >= 15 is 0 Å². The van der Waals surface area contributed by atoms with Crippen molar-refractivity contribution in [2.24, 2.45) is 41.4 Å². The van der Waals surface area contributed by atoms with E-state index in [4.69, 9.17) is 30.1 Å². The van der Waals surface area contributed by atoms with Crippen LogP contribution in [0.4, 0.5) is 0 Å². The predicted octanol–water partition coefficient (Wildman–Crippen LogP) is 9.05. The van der Waals surface area contributed by atoms with E-state index in [0.717, 1.165) is 59.2 Å². The van der Waals surface area contributed by atoms with Crippen molar-refractivity contribution in [2.45, 2.75) is 165 Å². The summed E-state index contributed by atoms with van der Waals surface area (Å²) in [4.78, 5) is 50.5. The van der Waals surface area contributed by atoms with Gasteiger partial charge >= 0.3 is 35.0 Å². The van der Waals surface area contributed by atoms with E-state index in [1.165, 1.54) is 57.6 Å². The van der Waals surface area contributed by atoms with E-state index in [9.17, 15) is 19.5 Å². The molecule has 2 aromatic rings. The van der Waals surface area contributed by atoms with E-state index in [1.54, 1.807) is 6.92 Å². The fourth-order valence-corrected chi connectivity index (χ4v) is 10.9. The number of aliphatic hydroxyl groups excluding tert-OH is 1. The van der Waals surface area contributed by atoms with Gasteiger partial charge in [-0.2, -0.15) is 5.70 Å². The average Bonchev–Trinajstić information content (AvgIpc) is 4.00. The first-order chi connectivity index (χ1) is 30.9. The molecule has 8 bridgehead atoms. The number of esters is 2. The minimum Gasteiger partial charge on any atom is -0.661 e. The molecular formula is C55H76MgN4O6-2. The molecule has 0 amide bonds. The molecular weight excluding hydrogens is 837 g/mol. The van der Waals surface area contributed by atoms with Crippen molar-refractivity contribution >= 4 is 70.3 Å². The summed E-state index contributed by atoms with van der Waals surface area (Å²) in [6, 6.07) is -0.965. The van der Waals surface area contributed by atoms with Crippen molar-refractivity contribution < 1.29 is 29.0 Å². The minimum atomic E-state index is -1.09. The zero-order valence-corrected chi connectivity index (χ0v) is 43.6. The van der Waals surface area contributed by atoms with E-state index in [1.807, 2.05) is 38.2 Å². The number of aromatic nitrogens is 2. The van der Waals surface area contributed by atoms with Crippen LogP contribution in [0.25, 0.3) is 40.2 Å². The normalized spacial score (nSPS) is 25.0. The van der Waals surface area contributed by atoms with Crippen molar-refractivity contribution in [3.05, 3.63) is 82.9 Å². The SMILES string of the molecule is CC[C@@H]1C(C)=C2/C=c3\[n-]/c(c(C)c3C(C)=O)=C\C3[N-]C(C4=c5[n-]c(c(C)c5=C(O)[C@@H]4C(=O)OC)/C=C/1[N-]2)[C@@H](CCC(=O)OC/C=C(/C)CCC[C@H](C)CCC[C@H](C)CCCC(C)C)[C@@H]3C.[Mg+2]. The van der Waals surface area contributed by atoms with Crippen LogP contribution in [0.1, 0.15) is 167 Å². The Hall–Kier alpha value is -3.80. The first kappa shape index (κ1) is 53.2. The number of methoxy groups -OCH3 is 1. The number of carbonyl (C=O) groups is 3. The Balaban J connectivity index is 0.00000817. The van der Waals surface area contributed by atoms with Gasteiger partial charge in [-0.05, 0) is 90.0 Å². The monoisotopic (exact) mass is 913 g/mol. The summed E-state index contributed by atoms with van der Waals surface area (Å²) in [5, 5.41) is 24.7. The Bertz CT molecular complexity index is 2450. The van der Waals surface area contributed by atoms with Crippen molar-refractivity contribution in [3.8, 4) is 0 Å². The number of Topliss-reactive ketones (excluding diaryl/α,β-unsaturated/α-hetero) is 1. The summed E-state index contributed by atoms with van der Waals surface area (Å²) in [6.07, 6.45) is 20.6. The number of nitrogens with zero attached hydrogens (tertiary/aromatic N) is 4. The molecule has 66 heavy (non-hydrogen) atoms. The molecule has 1 saturated heterocycles. The number of allylic oxidation sites excluding steroid dienone is 3. The van der Waals surface area contributed by atoms with Crippen LogP contribution in [0, 0.1) is 55.3 Å². The standard InChI is InChI=1S/C55H76N4O6.Mg/c1-13-39-34(7)41-29-46-48(38(11)60)36(9)43(57-46)27-42-35(8)40(52(58-42)50-51(55(63)64-12)54(62)49-37(10)44(59-53(49)50)28-45(39)56-41)23-24-47(61)65-26-25-33(6)22-16-21-32(5)20-15-19-31(4)18-14-17-30(2)3;/h25,27-32,35,39-40,42,51-52,62H,13-24,26H2,1-12H3;/q-4;+2/b33-25-,43-27-,45-28-,46-29-;/t31-,32-,35+,39-,40+,42?,51-,52?;/m1./s1. The van der Waals surface area contributed by atoms with Gasteiger partial charge in [-0.3, -0.25) is 14.4 Å². The third kappa shape index (κ3) is 11.9. The van der Waals surface area contributed by atoms with Gasteiger partial charge in [0, 0.05) is 17.2 Å². The largest absolute Gasteiger partial charge is 2.00 e. The van der Waals surface area contributed by atoms with Crippen LogP contribution in [0.3, 0.4) is 0 Å². The molecule has 2 unspecified atom stereocenters. The molecule has 356 valence electrons. The maximum absolute atomic E-state index is 13.7. The van der Waals surface area contributed by atoms with E-state index in [2.05, 4.69) is 55.4 Å². The van der Waals surface area contributed by atoms with Crippen LogP contribution in [0.15, 0.2) is 28.6 Å². The zero-order chi connectivity index (χ0) is 47.3. The third-order valence-electron chi connectivity index (χ3n) is 15.0. The van der Waals surface area contributed by atoms with Crippen molar-refractivity contribution in [1.82, 2.24) is 9.97 Å². The van der Waals surface area contributed by atoms with E-state index < -0.39 is 17.9 Å². The summed E-state index contributed by atoms with van der Waals surface area (Å²) in [6.45, 7) is 23.4. The second-order valence-corrected chi connectivity index (χ2v) is 20.3. The Labute approximate surface area is 410 Å². The predicted molar refractivity (Wildman–Crippen MR) is 267 cm³/mol. The Morgan fingerprint density at radius 3 is 2.18 bits per heavy atom. The number of hydrogen-bond donors (Lipinski definition) is 1. The van der Waals surface area contributed by atoms with Gasteiger partial charge in [0.1, 0.15) is 18.3 Å². The molecule has 11 heteroatoms. The molecule has 0 aromatic carbocycles. The van der Waals surface area contributed by atoms with Crippen LogP contribution >= 0.6 is 0 Å². The van der Waals surface area contributed by atoms with Gasteiger partial charge in [-0.1, -0.05) is 138 Å². The first-order valence-electron chi connectivity index (χ1n) is 24.7. The Kier molecular flexibility index (Phi) is 18.9. The van der Waals surface area contributed by atoms with Crippen molar-refractivity contribution in [2.75, 3.05) is 13.7 Å². The van der Waals surface area contributed by atoms with Gasteiger partial charge in [0.15, 0.2) is 5.78 Å². The molecule has 1 aliphatic carbocycles. The molecule has 3 aliphatic heterocycles. The van der Waals surface area contributed by atoms with Crippen LogP contribution < -0.4 is 31.2 Å². The first-order valence-corrected chi connectivity index (χ1v) is 24.7. The molecule has 10 nitrogen and oxygen atoms in total. The zero-order valence-electron chi connectivity index (χ0n) is 42.2. The fourth-order valence-electron chi connectivity index (χ4n) is 10.9. The number of aliphatic hydroxyl groups is 1. The number of ketones is 1. The molecule has 5 heterocycles. The number of ether oxygens (including phenoxy) is 2. The summed E-state index contributed by atoms with van der Waals surface area (Å²) < 4.78 is 11.1. The van der Waals surface area contributed by atoms with Gasteiger partial charge in [-0.25, -0.2) is 0 Å². The quantitative estimate of drug-likeness (QED) is 0.0600. The van der Waals surface area contributed by atoms with E-state index in [-0.39, 0.29) is 77.4 Å². The smallest absolute Gasteiger partial charge is 0.661 e. The van der Waals surface area contributed by atoms with E-state index in [0.29, 0.717) is 50.4 Å². The van der Waals surface area contributed by atoms with Gasteiger partial charge in [0.2, 0.25) is 0 Å². The van der Waals surface area contributed by atoms with Gasteiger partial charge in [-0.15, -0.1) is 45.6 Å². The molecule has 0 spiro atoms. The summed E-state index contributed by atoms with van der Waals surface area (Å²) in [5.74, 6) is -0.123. The molecule has 6 rings (SSSR count). The summed E-state index contributed by atoms with van der Waals surface area (Å²) >= 11 is 0. The van der Waals surface area contributed by atoms with Gasteiger partial charge in [0.05, 0.1) is 7.11 Å². The fraction of sp³-hybridized carbons (Fsp3) is 0.618.